The summed E-state index contributed by atoms with van der Waals surface area (Å²) >= 11 is 0. The summed E-state index contributed by atoms with van der Waals surface area (Å²) in [6.07, 6.45) is 6.05. The zero-order valence-corrected chi connectivity index (χ0v) is 11.0. The van der Waals surface area contributed by atoms with Gasteiger partial charge in [-0.2, -0.15) is 0 Å². The predicted octanol–water partition coefficient (Wildman–Crippen LogP) is 2.09. The summed E-state index contributed by atoms with van der Waals surface area (Å²) in [6.45, 7) is 1.18. The topological polar surface area (TPSA) is 73.0 Å². The molecule has 1 aliphatic rings. The molecule has 0 bridgehead atoms. The Morgan fingerprint density at radius 3 is 2.95 bits per heavy atom. The van der Waals surface area contributed by atoms with Crippen molar-refractivity contribution in [2.24, 2.45) is 0 Å². The first-order chi connectivity index (χ1) is 9.74. The monoisotopic (exact) mass is 272 g/mol. The van der Waals surface area contributed by atoms with Crippen LogP contribution < -0.4 is 5.32 Å². The minimum atomic E-state index is -0.339. The Hall–Kier alpha value is -2.21. The molecule has 1 fully saturated rings. The van der Waals surface area contributed by atoms with Gasteiger partial charge in [0.25, 0.3) is 5.69 Å². The first-order valence-electron chi connectivity index (χ1n) is 6.70. The molecule has 104 valence electrons. The third-order valence-electron chi connectivity index (χ3n) is 3.46. The van der Waals surface area contributed by atoms with Crippen molar-refractivity contribution in [2.45, 2.75) is 32.0 Å². The number of hydrogen-bond donors (Lipinski definition) is 1. The Morgan fingerprint density at radius 2 is 2.20 bits per heavy atom. The lowest BCUT2D eigenvalue weighted by Gasteiger charge is -2.09. The van der Waals surface area contributed by atoms with E-state index in [1.165, 1.54) is 18.9 Å². The molecule has 1 aromatic carbocycles. The van der Waals surface area contributed by atoms with Crippen LogP contribution in [0.25, 0.3) is 0 Å². The Bertz CT molecular complexity index is 619. The van der Waals surface area contributed by atoms with Gasteiger partial charge in [-0.15, -0.1) is 0 Å². The molecule has 1 aromatic heterocycles. The molecule has 0 aliphatic heterocycles. The average molecular weight is 272 g/mol. The second-order valence-electron chi connectivity index (χ2n) is 5.01. The van der Waals surface area contributed by atoms with E-state index in [0.717, 1.165) is 5.82 Å². The molecule has 1 aliphatic carbocycles. The summed E-state index contributed by atoms with van der Waals surface area (Å²) in [5, 5.41) is 14.4. The number of aromatic nitrogens is 2. The van der Waals surface area contributed by atoms with Crippen molar-refractivity contribution in [3.63, 3.8) is 0 Å². The third kappa shape index (κ3) is 2.85. The summed E-state index contributed by atoms with van der Waals surface area (Å²) in [5.74, 6) is 0.912. The van der Waals surface area contributed by atoms with Gasteiger partial charge in [-0.25, -0.2) is 4.98 Å². The van der Waals surface area contributed by atoms with Crippen LogP contribution in [0, 0.1) is 10.1 Å². The van der Waals surface area contributed by atoms with Crippen LogP contribution in [0.3, 0.4) is 0 Å². The van der Waals surface area contributed by atoms with Crippen LogP contribution in [0.5, 0.6) is 0 Å². The molecule has 1 saturated carbocycles. The highest BCUT2D eigenvalue weighted by Crippen LogP contribution is 2.21. The summed E-state index contributed by atoms with van der Waals surface area (Å²) in [5.41, 5.74) is 0.852. The number of nitrogens with one attached hydrogen (secondary N) is 1. The summed E-state index contributed by atoms with van der Waals surface area (Å²) in [4.78, 5) is 15.0. The fraction of sp³-hybridized carbons (Fsp3) is 0.357. The molecular formula is C14H16N4O2. The number of hydrogen-bond acceptors (Lipinski definition) is 4. The van der Waals surface area contributed by atoms with Gasteiger partial charge >= 0.3 is 0 Å². The van der Waals surface area contributed by atoms with E-state index >= 15 is 0 Å². The van der Waals surface area contributed by atoms with Crippen molar-refractivity contribution in [3.8, 4) is 0 Å². The first kappa shape index (κ1) is 12.8. The van der Waals surface area contributed by atoms with Crippen molar-refractivity contribution in [1.82, 2.24) is 14.9 Å². The molecule has 3 rings (SSSR count). The molecule has 6 heteroatoms. The van der Waals surface area contributed by atoms with E-state index in [4.69, 9.17) is 0 Å². The smallest absolute Gasteiger partial charge is 0.274 e. The minimum absolute atomic E-state index is 0.155. The molecule has 0 amide bonds. The summed E-state index contributed by atoms with van der Waals surface area (Å²) < 4.78 is 1.96. The van der Waals surface area contributed by atoms with E-state index in [-0.39, 0.29) is 10.6 Å². The zero-order valence-electron chi connectivity index (χ0n) is 11.0. The molecule has 2 aromatic rings. The molecule has 0 saturated heterocycles. The molecule has 6 nitrogen and oxygen atoms in total. The summed E-state index contributed by atoms with van der Waals surface area (Å²) in [6, 6.07) is 7.45. The van der Waals surface area contributed by atoms with Crippen molar-refractivity contribution in [1.29, 1.82) is 0 Å². The second kappa shape index (κ2) is 5.42. The molecule has 0 radical (unpaired) electrons. The van der Waals surface area contributed by atoms with Gasteiger partial charge in [-0.3, -0.25) is 10.1 Å². The van der Waals surface area contributed by atoms with E-state index in [1.807, 2.05) is 16.8 Å². The maximum atomic E-state index is 11.0. The largest absolute Gasteiger partial charge is 0.329 e. The lowest BCUT2D eigenvalue weighted by molar-refractivity contribution is -0.385. The molecule has 1 N–H and O–H groups in total. The number of nitro groups is 1. The number of imidazole rings is 1. The number of nitrogens with zero attached hydrogens (tertiary/aromatic N) is 3. The van der Waals surface area contributed by atoms with Crippen LogP contribution in [-0.2, 0) is 13.1 Å². The third-order valence-corrected chi connectivity index (χ3v) is 3.46. The molecule has 0 atom stereocenters. The standard InChI is InChI=1S/C14H16N4O2/c19-18(20)13-4-2-1-3-11(13)10-17-8-7-15-14(17)9-16-12-5-6-12/h1-4,7-8,12,16H,5-6,9-10H2. The van der Waals surface area contributed by atoms with E-state index in [0.29, 0.717) is 24.7 Å². The Morgan fingerprint density at radius 1 is 1.40 bits per heavy atom. The van der Waals surface area contributed by atoms with Gasteiger partial charge in [-0.1, -0.05) is 18.2 Å². The van der Waals surface area contributed by atoms with Gasteiger partial charge in [0.1, 0.15) is 5.82 Å². The maximum absolute atomic E-state index is 11.0. The normalized spacial score (nSPS) is 14.4. The number of para-hydroxylation sites is 1. The lowest BCUT2D eigenvalue weighted by atomic mass is 10.2. The van der Waals surface area contributed by atoms with Crippen LogP contribution >= 0.6 is 0 Å². The number of benzene rings is 1. The van der Waals surface area contributed by atoms with E-state index < -0.39 is 0 Å². The van der Waals surface area contributed by atoms with E-state index in [2.05, 4.69) is 10.3 Å². The van der Waals surface area contributed by atoms with Crippen LogP contribution in [0.1, 0.15) is 24.2 Å². The highest BCUT2D eigenvalue weighted by Gasteiger charge is 2.21. The van der Waals surface area contributed by atoms with Crippen LogP contribution in [0.15, 0.2) is 36.7 Å². The SMILES string of the molecule is O=[N+]([O-])c1ccccc1Cn1ccnc1CNC1CC1. The number of nitro benzene ring substituents is 1. The van der Waals surface area contributed by atoms with Crippen molar-refractivity contribution in [3.05, 3.63) is 58.2 Å². The molecule has 20 heavy (non-hydrogen) atoms. The molecular weight excluding hydrogens is 256 g/mol. The fourth-order valence-corrected chi connectivity index (χ4v) is 2.18. The first-order valence-corrected chi connectivity index (χ1v) is 6.70. The highest BCUT2D eigenvalue weighted by atomic mass is 16.6. The van der Waals surface area contributed by atoms with Gasteiger partial charge < -0.3 is 9.88 Å². The van der Waals surface area contributed by atoms with E-state index in [9.17, 15) is 10.1 Å². The predicted molar refractivity (Wildman–Crippen MR) is 74.3 cm³/mol. The van der Waals surface area contributed by atoms with Crippen molar-refractivity contribution < 1.29 is 4.92 Å². The van der Waals surface area contributed by atoms with Gasteiger partial charge in [0, 0.05) is 30.1 Å². The highest BCUT2D eigenvalue weighted by molar-refractivity contribution is 5.40. The van der Waals surface area contributed by atoms with Crippen molar-refractivity contribution >= 4 is 5.69 Å². The zero-order chi connectivity index (χ0) is 13.9. The van der Waals surface area contributed by atoms with Gasteiger partial charge in [0.2, 0.25) is 0 Å². The van der Waals surface area contributed by atoms with Crippen LogP contribution in [0.4, 0.5) is 5.69 Å². The second-order valence-corrected chi connectivity index (χ2v) is 5.01. The Labute approximate surface area is 116 Å². The lowest BCUT2D eigenvalue weighted by Crippen LogP contribution is -2.19. The van der Waals surface area contributed by atoms with Gasteiger partial charge in [-0.05, 0) is 12.8 Å². The molecule has 0 spiro atoms. The molecule has 1 heterocycles. The van der Waals surface area contributed by atoms with Crippen molar-refractivity contribution in [2.75, 3.05) is 0 Å². The Kier molecular flexibility index (Phi) is 3.47. The quantitative estimate of drug-likeness (QED) is 0.645. The maximum Gasteiger partial charge on any atom is 0.274 e. The Balaban J connectivity index is 1.77. The minimum Gasteiger partial charge on any atom is -0.329 e. The molecule has 0 unspecified atom stereocenters. The fourth-order valence-electron chi connectivity index (χ4n) is 2.18. The van der Waals surface area contributed by atoms with E-state index in [1.54, 1.807) is 18.3 Å². The van der Waals surface area contributed by atoms with Crippen LogP contribution in [-0.4, -0.2) is 20.5 Å². The number of rotatable bonds is 6. The van der Waals surface area contributed by atoms with Gasteiger partial charge in [0.05, 0.1) is 18.0 Å². The summed E-state index contributed by atoms with van der Waals surface area (Å²) in [7, 11) is 0. The van der Waals surface area contributed by atoms with Crippen LogP contribution in [0.2, 0.25) is 0 Å². The van der Waals surface area contributed by atoms with Gasteiger partial charge in [0.15, 0.2) is 0 Å². The average Bonchev–Trinajstić information content (AvgIpc) is 3.17.